The molecule has 11 heteroatoms. The van der Waals surface area contributed by atoms with Gasteiger partial charge in [-0.1, -0.05) is 6.07 Å². The molecule has 142 valence electrons. The minimum absolute atomic E-state index is 0.0959. The van der Waals surface area contributed by atoms with E-state index in [1.807, 2.05) is 0 Å². The van der Waals surface area contributed by atoms with Crippen molar-refractivity contribution in [2.75, 3.05) is 11.9 Å². The number of nitrogens with zero attached hydrogens (tertiary/aromatic N) is 2. The zero-order valence-electron chi connectivity index (χ0n) is 14.8. The smallest absolute Gasteiger partial charge is 0.321 e. The lowest BCUT2D eigenvalue weighted by molar-refractivity contribution is -0.151. The first kappa shape index (κ1) is 20.1. The van der Waals surface area contributed by atoms with Gasteiger partial charge in [0.25, 0.3) is 15.9 Å². The molecule has 1 atom stereocenters. The van der Waals surface area contributed by atoms with Crippen LogP contribution in [0, 0.1) is 13.8 Å². The Hall–Kier alpha value is -2.24. The second-order valence-corrected chi connectivity index (χ2v) is 8.49. The van der Waals surface area contributed by atoms with E-state index in [2.05, 4.69) is 15.1 Å². The molecule has 0 saturated heterocycles. The zero-order chi connectivity index (χ0) is 19.5. The van der Waals surface area contributed by atoms with Crippen molar-refractivity contribution in [3.8, 4) is 0 Å². The molecule has 26 heavy (non-hydrogen) atoms. The van der Waals surface area contributed by atoms with Crippen molar-refractivity contribution in [1.29, 1.82) is 0 Å². The predicted molar refractivity (Wildman–Crippen MR) is 96.4 cm³/mol. The molecule has 0 aliphatic heterocycles. The number of carbonyl (C=O) groups is 2. The number of hydrogen-bond donors (Lipinski definition) is 2. The first-order chi connectivity index (χ1) is 12.1. The molecule has 0 fully saturated rings. The van der Waals surface area contributed by atoms with E-state index in [0.29, 0.717) is 11.4 Å². The number of nitrogens with one attached hydrogen (secondary N) is 2. The second-order valence-electron chi connectivity index (χ2n) is 5.55. The van der Waals surface area contributed by atoms with Crippen molar-refractivity contribution in [1.82, 2.24) is 14.5 Å². The summed E-state index contributed by atoms with van der Waals surface area (Å²) < 4.78 is 32.7. The van der Waals surface area contributed by atoms with E-state index in [1.165, 1.54) is 13.0 Å². The third-order valence-corrected chi connectivity index (χ3v) is 6.40. The van der Waals surface area contributed by atoms with E-state index >= 15 is 0 Å². The van der Waals surface area contributed by atoms with Gasteiger partial charge < -0.3 is 10.1 Å². The topological polar surface area (TPSA) is 119 Å². The van der Waals surface area contributed by atoms with Crippen molar-refractivity contribution in [3.63, 3.8) is 0 Å². The average molecular weight is 400 g/mol. The Balaban J connectivity index is 1.89. The highest BCUT2D eigenvalue weighted by Gasteiger charge is 2.22. The van der Waals surface area contributed by atoms with Crippen LogP contribution in [0.1, 0.15) is 18.3 Å². The summed E-state index contributed by atoms with van der Waals surface area (Å²) in [6.45, 7) is 4.38. The largest absolute Gasteiger partial charge is 0.452 e. The van der Waals surface area contributed by atoms with Gasteiger partial charge in [-0.05, 0) is 32.2 Å². The van der Waals surface area contributed by atoms with E-state index in [1.54, 1.807) is 37.0 Å². The van der Waals surface area contributed by atoms with E-state index in [-0.39, 0.29) is 4.21 Å². The van der Waals surface area contributed by atoms with Gasteiger partial charge in [-0.25, -0.2) is 8.42 Å². The molecular formula is C15H20N4O5S2. The number of aromatic nitrogens is 2. The van der Waals surface area contributed by atoms with Crippen LogP contribution in [0.4, 0.5) is 5.69 Å². The van der Waals surface area contributed by atoms with Gasteiger partial charge >= 0.3 is 5.97 Å². The van der Waals surface area contributed by atoms with Gasteiger partial charge in [0.2, 0.25) is 0 Å². The number of thiophene rings is 1. The summed E-state index contributed by atoms with van der Waals surface area (Å²) in [4.78, 5) is 24.0. The number of rotatable bonds is 7. The number of anilines is 1. The normalized spacial score (nSPS) is 12.6. The zero-order valence-corrected chi connectivity index (χ0v) is 16.4. The quantitative estimate of drug-likeness (QED) is 0.668. The lowest BCUT2D eigenvalue weighted by atomic mass is 10.3. The van der Waals surface area contributed by atoms with E-state index in [4.69, 9.17) is 4.74 Å². The highest BCUT2D eigenvalue weighted by molar-refractivity contribution is 7.91. The second kappa shape index (κ2) is 7.98. The summed E-state index contributed by atoms with van der Waals surface area (Å²) in [5.74, 6) is -1.38. The van der Waals surface area contributed by atoms with Gasteiger partial charge in [-0.3, -0.25) is 14.3 Å². The third-order valence-electron chi connectivity index (χ3n) is 3.60. The van der Waals surface area contributed by atoms with Crippen LogP contribution < -0.4 is 10.0 Å². The lowest BCUT2D eigenvalue weighted by Crippen LogP contribution is -2.35. The molecule has 2 aromatic heterocycles. The number of amides is 1. The molecule has 0 aromatic carbocycles. The summed E-state index contributed by atoms with van der Waals surface area (Å²) in [5, 5.41) is 8.46. The van der Waals surface area contributed by atoms with Crippen molar-refractivity contribution in [2.24, 2.45) is 7.05 Å². The minimum atomic E-state index is -3.77. The van der Waals surface area contributed by atoms with Crippen LogP contribution >= 0.6 is 11.3 Å². The van der Waals surface area contributed by atoms with Crippen LogP contribution in [0.2, 0.25) is 0 Å². The standard InChI is InChI=1S/C15H20N4O5S2/c1-9-14(10(2)19(4)18-9)17-15(21)11(3)24-12(20)8-16-26(22,23)13-6-5-7-25-13/h5-7,11,16H,8H2,1-4H3,(H,17,21). The van der Waals surface area contributed by atoms with Gasteiger partial charge in [-0.2, -0.15) is 9.82 Å². The number of ether oxygens (including phenoxy) is 1. The summed E-state index contributed by atoms with van der Waals surface area (Å²) in [7, 11) is -2.02. The maximum absolute atomic E-state index is 12.2. The number of aryl methyl sites for hydroxylation is 2. The Kier molecular flexibility index (Phi) is 6.16. The summed E-state index contributed by atoms with van der Waals surface area (Å²) in [6.07, 6.45) is -1.09. The molecule has 2 N–H and O–H groups in total. The first-order valence-corrected chi connectivity index (χ1v) is 10.0. The first-order valence-electron chi connectivity index (χ1n) is 7.65. The summed E-state index contributed by atoms with van der Waals surface area (Å²) in [5.41, 5.74) is 1.96. The van der Waals surface area contributed by atoms with Gasteiger partial charge in [0.15, 0.2) is 6.10 Å². The van der Waals surface area contributed by atoms with E-state index < -0.39 is 34.5 Å². The van der Waals surface area contributed by atoms with Crippen LogP contribution in [0.5, 0.6) is 0 Å². The van der Waals surface area contributed by atoms with E-state index in [9.17, 15) is 18.0 Å². The Labute approximate surface area is 155 Å². The van der Waals surface area contributed by atoms with Crippen molar-refractivity contribution >= 4 is 38.9 Å². The Bertz CT molecular complexity index is 903. The molecule has 0 radical (unpaired) electrons. The summed E-state index contributed by atoms with van der Waals surface area (Å²) >= 11 is 1.03. The molecule has 9 nitrogen and oxygen atoms in total. The summed E-state index contributed by atoms with van der Waals surface area (Å²) in [6, 6.07) is 3.01. The molecule has 0 aliphatic rings. The SMILES string of the molecule is Cc1nn(C)c(C)c1NC(=O)C(C)OC(=O)CNS(=O)(=O)c1cccs1. The molecule has 2 aromatic rings. The highest BCUT2D eigenvalue weighted by Crippen LogP contribution is 2.19. The fraction of sp³-hybridized carbons (Fsp3) is 0.400. The number of sulfonamides is 1. The Morgan fingerprint density at radius 1 is 1.38 bits per heavy atom. The fourth-order valence-corrected chi connectivity index (χ4v) is 4.12. The fourth-order valence-electron chi connectivity index (χ4n) is 2.11. The monoisotopic (exact) mass is 400 g/mol. The molecule has 2 rings (SSSR count). The maximum atomic E-state index is 12.2. The van der Waals surface area contributed by atoms with Crippen LogP contribution in [0.25, 0.3) is 0 Å². The number of carbonyl (C=O) groups excluding carboxylic acids is 2. The molecule has 1 amide bonds. The molecule has 0 saturated carbocycles. The molecule has 1 unspecified atom stereocenters. The van der Waals surface area contributed by atoms with Crippen LogP contribution in [0.15, 0.2) is 21.7 Å². The van der Waals surface area contributed by atoms with Crippen molar-refractivity contribution in [3.05, 3.63) is 28.9 Å². The van der Waals surface area contributed by atoms with Crippen molar-refractivity contribution in [2.45, 2.75) is 31.1 Å². The Morgan fingerprint density at radius 3 is 2.62 bits per heavy atom. The predicted octanol–water partition coefficient (Wildman–Crippen LogP) is 0.947. The van der Waals surface area contributed by atoms with Crippen molar-refractivity contribution < 1.29 is 22.7 Å². The third kappa shape index (κ3) is 4.68. The number of hydrogen-bond acceptors (Lipinski definition) is 7. The van der Waals surface area contributed by atoms with Crippen LogP contribution in [-0.4, -0.2) is 42.7 Å². The van der Waals surface area contributed by atoms with E-state index in [0.717, 1.165) is 17.0 Å². The molecule has 0 bridgehead atoms. The Morgan fingerprint density at radius 2 is 2.08 bits per heavy atom. The molecular weight excluding hydrogens is 380 g/mol. The molecule has 0 spiro atoms. The highest BCUT2D eigenvalue weighted by atomic mass is 32.2. The molecule has 2 heterocycles. The van der Waals surface area contributed by atoms with Gasteiger partial charge in [0.1, 0.15) is 10.8 Å². The number of esters is 1. The van der Waals surface area contributed by atoms with Gasteiger partial charge in [0, 0.05) is 7.05 Å². The average Bonchev–Trinajstić information content (AvgIpc) is 3.18. The lowest BCUT2D eigenvalue weighted by Gasteiger charge is -2.14. The van der Waals surface area contributed by atoms with Gasteiger partial charge in [-0.15, -0.1) is 11.3 Å². The minimum Gasteiger partial charge on any atom is -0.452 e. The van der Waals surface area contributed by atoms with Crippen LogP contribution in [0.3, 0.4) is 0 Å². The van der Waals surface area contributed by atoms with Crippen LogP contribution in [-0.2, 0) is 31.4 Å². The maximum Gasteiger partial charge on any atom is 0.321 e. The molecule has 0 aliphatic carbocycles. The van der Waals surface area contributed by atoms with Gasteiger partial charge in [0.05, 0.1) is 17.1 Å².